The molecule has 0 saturated carbocycles. The molecular weight excluding hydrogens is 368 g/mol. The van der Waals surface area contributed by atoms with Crippen LogP contribution in [-0.4, -0.2) is 31.6 Å². The number of nitrogens with zero attached hydrogens (tertiary/aromatic N) is 1. The summed E-state index contributed by atoms with van der Waals surface area (Å²) in [6.07, 6.45) is 0.949. The molecule has 5 heteroatoms. The smallest absolute Gasteiger partial charge is 0.251 e. The third kappa shape index (κ3) is 3.90. The van der Waals surface area contributed by atoms with Crippen molar-refractivity contribution >= 4 is 27.5 Å². The average Bonchev–Trinajstić information content (AvgIpc) is 3.04. The van der Waals surface area contributed by atoms with Crippen LogP contribution in [0.2, 0.25) is 0 Å². The molecule has 0 aliphatic carbocycles. The van der Waals surface area contributed by atoms with E-state index in [1.807, 2.05) is 37.3 Å². The summed E-state index contributed by atoms with van der Waals surface area (Å²) >= 11 is 3.59. The minimum atomic E-state index is -0.0305. The molecule has 2 aromatic carbocycles. The van der Waals surface area contributed by atoms with E-state index in [1.54, 1.807) is 12.1 Å². The van der Waals surface area contributed by atoms with Crippen LogP contribution in [0.5, 0.6) is 5.75 Å². The molecule has 2 aromatic rings. The number of carbonyl (C=O) groups excluding carboxylic acids is 1. The molecule has 0 bridgehead atoms. The number of hydrogen-bond acceptors (Lipinski definition) is 3. The van der Waals surface area contributed by atoms with Gasteiger partial charge < -0.3 is 15.0 Å². The molecule has 1 unspecified atom stereocenters. The summed E-state index contributed by atoms with van der Waals surface area (Å²) in [7, 11) is 0. The van der Waals surface area contributed by atoms with Gasteiger partial charge in [-0.2, -0.15) is 0 Å². The number of para-hydroxylation sites is 1. The first kappa shape index (κ1) is 16.8. The SMILES string of the molecule is CCOc1ccc(C(=O)NC2CCN(c3ccccc3Br)C2)cc1. The molecule has 1 aliphatic heterocycles. The Morgan fingerprint density at radius 2 is 2.00 bits per heavy atom. The number of hydrogen-bond donors (Lipinski definition) is 1. The van der Waals surface area contributed by atoms with Gasteiger partial charge in [0.15, 0.2) is 0 Å². The summed E-state index contributed by atoms with van der Waals surface area (Å²) < 4.78 is 6.49. The molecule has 0 spiro atoms. The molecule has 1 fully saturated rings. The summed E-state index contributed by atoms with van der Waals surface area (Å²) in [5.41, 5.74) is 1.84. The van der Waals surface area contributed by atoms with Crippen molar-refractivity contribution < 1.29 is 9.53 Å². The Morgan fingerprint density at radius 1 is 1.25 bits per heavy atom. The Labute approximate surface area is 150 Å². The first-order valence-electron chi connectivity index (χ1n) is 8.20. The highest BCUT2D eigenvalue weighted by molar-refractivity contribution is 9.10. The number of amides is 1. The van der Waals surface area contributed by atoms with Crippen molar-refractivity contribution in [1.82, 2.24) is 5.32 Å². The molecule has 1 N–H and O–H groups in total. The Morgan fingerprint density at radius 3 is 2.71 bits per heavy atom. The van der Waals surface area contributed by atoms with Gasteiger partial charge in [-0.25, -0.2) is 0 Å². The van der Waals surface area contributed by atoms with E-state index in [0.717, 1.165) is 29.7 Å². The molecule has 1 amide bonds. The van der Waals surface area contributed by atoms with Crippen LogP contribution in [0.4, 0.5) is 5.69 Å². The van der Waals surface area contributed by atoms with E-state index >= 15 is 0 Å². The lowest BCUT2D eigenvalue weighted by molar-refractivity contribution is 0.0940. The fraction of sp³-hybridized carbons (Fsp3) is 0.316. The molecule has 24 heavy (non-hydrogen) atoms. The van der Waals surface area contributed by atoms with Crippen molar-refractivity contribution in [3.8, 4) is 5.75 Å². The van der Waals surface area contributed by atoms with E-state index in [1.165, 1.54) is 5.69 Å². The van der Waals surface area contributed by atoms with Crippen LogP contribution in [0.15, 0.2) is 53.0 Å². The topological polar surface area (TPSA) is 41.6 Å². The first-order valence-corrected chi connectivity index (χ1v) is 9.00. The zero-order chi connectivity index (χ0) is 16.9. The van der Waals surface area contributed by atoms with Crippen molar-refractivity contribution in [2.75, 3.05) is 24.6 Å². The zero-order valence-electron chi connectivity index (χ0n) is 13.7. The third-order valence-electron chi connectivity index (χ3n) is 4.14. The van der Waals surface area contributed by atoms with Gasteiger partial charge in [0.1, 0.15) is 5.75 Å². The van der Waals surface area contributed by atoms with Crippen LogP contribution >= 0.6 is 15.9 Å². The minimum Gasteiger partial charge on any atom is -0.494 e. The van der Waals surface area contributed by atoms with Gasteiger partial charge in [-0.1, -0.05) is 12.1 Å². The second kappa shape index (κ2) is 7.71. The number of anilines is 1. The van der Waals surface area contributed by atoms with Gasteiger partial charge in [0, 0.05) is 29.2 Å². The number of carbonyl (C=O) groups is 1. The Kier molecular flexibility index (Phi) is 5.41. The maximum Gasteiger partial charge on any atom is 0.251 e. The third-order valence-corrected chi connectivity index (χ3v) is 4.81. The predicted molar refractivity (Wildman–Crippen MR) is 99.8 cm³/mol. The van der Waals surface area contributed by atoms with Gasteiger partial charge in [-0.15, -0.1) is 0 Å². The van der Waals surface area contributed by atoms with Gasteiger partial charge >= 0.3 is 0 Å². The van der Waals surface area contributed by atoms with E-state index in [4.69, 9.17) is 4.74 Å². The van der Waals surface area contributed by atoms with Crippen molar-refractivity contribution in [3.05, 3.63) is 58.6 Å². The van der Waals surface area contributed by atoms with Crippen LogP contribution in [0.3, 0.4) is 0 Å². The Hall–Kier alpha value is -2.01. The van der Waals surface area contributed by atoms with Crippen LogP contribution in [0.25, 0.3) is 0 Å². The lowest BCUT2D eigenvalue weighted by Gasteiger charge is -2.20. The molecule has 0 aromatic heterocycles. The molecule has 126 valence electrons. The number of ether oxygens (including phenoxy) is 1. The lowest BCUT2D eigenvalue weighted by Crippen LogP contribution is -2.37. The Bertz CT molecular complexity index is 703. The van der Waals surface area contributed by atoms with E-state index in [0.29, 0.717) is 12.2 Å². The summed E-state index contributed by atoms with van der Waals surface area (Å²) in [5.74, 6) is 0.757. The number of benzene rings is 2. The molecule has 1 aliphatic rings. The monoisotopic (exact) mass is 388 g/mol. The Balaban J connectivity index is 1.59. The van der Waals surface area contributed by atoms with E-state index in [-0.39, 0.29) is 11.9 Å². The number of nitrogens with one attached hydrogen (secondary N) is 1. The second-order valence-corrected chi connectivity index (χ2v) is 6.67. The van der Waals surface area contributed by atoms with Crippen molar-refractivity contribution in [3.63, 3.8) is 0 Å². The predicted octanol–water partition coefficient (Wildman–Crippen LogP) is 3.86. The van der Waals surface area contributed by atoms with Crippen LogP contribution in [0.1, 0.15) is 23.7 Å². The van der Waals surface area contributed by atoms with E-state index < -0.39 is 0 Å². The van der Waals surface area contributed by atoms with E-state index in [9.17, 15) is 4.79 Å². The second-order valence-electron chi connectivity index (χ2n) is 5.81. The van der Waals surface area contributed by atoms with Gasteiger partial charge in [-0.05, 0) is 65.7 Å². The summed E-state index contributed by atoms with van der Waals surface area (Å²) in [6.45, 7) is 4.33. The molecule has 1 saturated heterocycles. The van der Waals surface area contributed by atoms with Gasteiger partial charge in [-0.3, -0.25) is 4.79 Å². The first-order chi connectivity index (χ1) is 11.7. The minimum absolute atomic E-state index is 0.0305. The molecule has 4 nitrogen and oxygen atoms in total. The highest BCUT2D eigenvalue weighted by atomic mass is 79.9. The largest absolute Gasteiger partial charge is 0.494 e. The molecule has 1 heterocycles. The summed E-state index contributed by atoms with van der Waals surface area (Å²) in [6, 6.07) is 15.6. The van der Waals surface area contributed by atoms with E-state index in [2.05, 4.69) is 32.2 Å². The zero-order valence-corrected chi connectivity index (χ0v) is 15.3. The van der Waals surface area contributed by atoms with Crippen molar-refractivity contribution in [2.45, 2.75) is 19.4 Å². The highest BCUT2D eigenvalue weighted by Gasteiger charge is 2.25. The summed E-state index contributed by atoms with van der Waals surface area (Å²) in [4.78, 5) is 14.7. The van der Waals surface area contributed by atoms with Crippen LogP contribution < -0.4 is 15.0 Å². The van der Waals surface area contributed by atoms with Crippen molar-refractivity contribution in [1.29, 1.82) is 0 Å². The van der Waals surface area contributed by atoms with Crippen molar-refractivity contribution in [2.24, 2.45) is 0 Å². The quantitative estimate of drug-likeness (QED) is 0.845. The van der Waals surface area contributed by atoms with Crippen LogP contribution in [0, 0.1) is 0 Å². The standard InChI is InChI=1S/C19H21BrN2O2/c1-2-24-16-9-7-14(8-10-16)19(23)21-15-11-12-22(13-15)18-6-4-3-5-17(18)20/h3-10,15H,2,11-13H2,1H3,(H,21,23). The molecule has 1 atom stereocenters. The van der Waals surface area contributed by atoms with Crippen LogP contribution in [-0.2, 0) is 0 Å². The molecular formula is C19H21BrN2O2. The average molecular weight is 389 g/mol. The fourth-order valence-corrected chi connectivity index (χ4v) is 3.48. The number of rotatable bonds is 5. The molecule has 0 radical (unpaired) electrons. The van der Waals surface area contributed by atoms with Gasteiger partial charge in [0.25, 0.3) is 5.91 Å². The lowest BCUT2D eigenvalue weighted by atomic mass is 10.2. The number of halogens is 1. The maximum absolute atomic E-state index is 12.4. The maximum atomic E-state index is 12.4. The normalized spacial score (nSPS) is 16.9. The van der Waals surface area contributed by atoms with Gasteiger partial charge in [0.2, 0.25) is 0 Å². The van der Waals surface area contributed by atoms with Gasteiger partial charge in [0.05, 0.1) is 12.3 Å². The highest BCUT2D eigenvalue weighted by Crippen LogP contribution is 2.28. The molecule has 3 rings (SSSR count). The summed E-state index contributed by atoms with van der Waals surface area (Å²) in [5, 5.41) is 3.13. The fourth-order valence-electron chi connectivity index (χ4n) is 2.94.